The van der Waals surface area contributed by atoms with Crippen molar-refractivity contribution in [1.82, 2.24) is 5.32 Å². The molecular formula is C18H19BF3NO2. The molecule has 4 saturated carbocycles. The molecule has 1 aromatic carbocycles. The van der Waals surface area contributed by atoms with Crippen molar-refractivity contribution in [2.45, 2.75) is 49.9 Å². The molecule has 1 amide bonds. The minimum atomic E-state index is -4.64. The minimum Gasteiger partial charge on any atom is -0.390 e. The van der Waals surface area contributed by atoms with Crippen LogP contribution in [-0.2, 0) is 6.18 Å². The molecule has 7 heteroatoms. The number of carbonyl (C=O) groups is 1. The van der Waals surface area contributed by atoms with Gasteiger partial charge in [-0.1, -0.05) is 17.6 Å². The number of nitrogens with one attached hydrogen (secondary N) is 1. The summed E-state index contributed by atoms with van der Waals surface area (Å²) in [4.78, 5) is 12.6. The summed E-state index contributed by atoms with van der Waals surface area (Å²) in [6.07, 6.45) is -0.717. The molecule has 4 fully saturated rings. The number of hydrogen-bond acceptors (Lipinski definition) is 2. The zero-order valence-electron chi connectivity index (χ0n) is 13.6. The summed E-state index contributed by atoms with van der Waals surface area (Å²) in [6, 6.07) is 3.08. The molecule has 2 unspecified atom stereocenters. The first-order valence-electron chi connectivity index (χ1n) is 8.65. The topological polar surface area (TPSA) is 49.3 Å². The second kappa shape index (κ2) is 5.50. The largest absolute Gasteiger partial charge is 0.417 e. The summed E-state index contributed by atoms with van der Waals surface area (Å²) in [7, 11) is 5.46. The highest BCUT2D eigenvalue weighted by atomic mass is 19.4. The van der Waals surface area contributed by atoms with Gasteiger partial charge in [0.05, 0.1) is 16.7 Å². The van der Waals surface area contributed by atoms with Crippen molar-refractivity contribution in [2.75, 3.05) is 0 Å². The lowest BCUT2D eigenvalue weighted by Gasteiger charge is -2.58. The molecule has 4 bridgehead atoms. The Balaban J connectivity index is 1.58. The molecule has 3 nitrogen and oxygen atoms in total. The second-order valence-electron chi connectivity index (χ2n) is 8.00. The summed E-state index contributed by atoms with van der Waals surface area (Å²) in [5, 5.41) is 13.4. The first-order valence-corrected chi connectivity index (χ1v) is 8.65. The Morgan fingerprint density at radius 1 is 1.20 bits per heavy atom. The smallest absolute Gasteiger partial charge is 0.390 e. The standard InChI is InChI=1S/C18H19BF3NO2/c19-12-1-2-13(14(5-12)18(20,21)22)16(24)23-15-10-3-9-4-11(15)8-17(25,6-9)7-10/h1-2,5,9-11,15,25H,3-4,6-8H2,(H,23,24). The number of aliphatic hydroxyl groups is 1. The van der Waals surface area contributed by atoms with E-state index in [1.807, 2.05) is 0 Å². The van der Waals surface area contributed by atoms with Crippen LogP contribution in [0.5, 0.6) is 0 Å². The fraction of sp³-hybridized carbons (Fsp3) is 0.611. The predicted molar refractivity (Wildman–Crippen MR) is 86.6 cm³/mol. The number of benzene rings is 1. The van der Waals surface area contributed by atoms with Gasteiger partial charge in [0.15, 0.2) is 0 Å². The number of alkyl halides is 3. The van der Waals surface area contributed by atoms with Gasteiger partial charge < -0.3 is 10.4 Å². The third kappa shape index (κ3) is 2.96. The summed E-state index contributed by atoms with van der Waals surface area (Å²) < 4.78 is 39.7. The molecule has 4 aliphatic carbocycles. The lowest BCUT2D eigenvalue weighted by Crippen LogP contribution is -2.61. The zero-order valence-corrected chi connectivity index (χ0v) is 13.6. The highest BCUT2D eigenvalue weighted by Crippen LogP contribution is 2.55. The van der Waals surface area contributed by atoms with Crippen LogP contribution >= 0.6 is 0 Å². The maximum absolute atomic E-state index is 13.2. The quantitative estimate of drug-likeness (QED) is 0.804. The molecule has 0 spiro atoms. The van der Waals surface area contributed by atoms with Crippen molar-refractivity contribution in [1.29, 1.82) is 0 Å². The number of halogens is 3. The Kier molecular flexibility index (Phi) is 3.73. The maximum Gasteiger partial charge on any atom is 0.417 e. The Morgan fingerprint density at radius 2 is 1.84 bits per heavy atom. The number of carbonyl (C=O) groups excluding carboxylic acids is 1. The Hall–Kier alpha value is -1.50. The summed E-state index contributed by atoms with van der Waals surface area (Å²) in [6.45, 7) is 0. The first kappa shape index (κ1) is 16.9. The van der Waals surface area contributed by atoms with Gasteiger partial charge >= 0.3 is 6.18 Å². The molecule has 2 N–H and O–H groups in total. The van der Waals surface area contributed by atoms with E-state index >= 15 is 0 Å². The van der Waals surface area contributed by atoms with E-state index in [1.54, 1.807) is 0 Å². The number of rotatable bonds is 2. The number of amides is 1. The van der Waals surface area contributed by atoms with E-state index in [2.05, 4.69) is 5.32 Å². The molecule has 0 aromatic heterocycles. The first-order chi connectivity index (χ1) is 11.6. The fourth-order valence-corrected chi connectivity index (χ4v) is 5.44. The molecule has 132 valence electrons. The van der Waals surface area contributed by atoms with Crippen molar-refractivity contribution in [3.8, 4) is 0 Å². The lowest BCUT2D eigenvalue weighted by atomic mass is 9.52. The average Bonchev–Trinajstić information content (AvgIpc) is 2.48. The van der Waals surface area contributed by atoms with Crippen molar-refractivity contribution < 1.29 is 23.1 Å². The van der Waals surface area contributed by atoms with Gasteiger partial charge in [-0.15, -0.1) is 0 Å². The van der Waals surface area contributed by atoms with E-state index in [-0.39, 0.29) is 23.3 Å². The molecule has 1 aromatic rings. The van der Waals surface area contributed by atoms with Gasteiger partial charge in [-0.05, 0) is 55.9 Å². The van der Waals surface area contributed by atoms with Crippen molar-refractivity contribution in [2.24, 2.45) is 17.8 Å². The van der Waals surface area contributed by atoms with Gasteiger partial charge in [0.2, 0.25) is 0 Å². The number of hydrogen-bond donors (Lipinski definition) is 2. The van der Waals surface area contributed by atoms with E-state index in [1.165, 1.54) is 6.07 Å². The monoisotopic (exact) mass is 349 g/mol. The van der Waals surface area contributed by atoms with Crippen LogP contribution in [0.4, 0.5) is 13.2 Å². The average molecular weight is 349 g/mol. The molecule has 2 radical (unpaired) electrons. The maximum atomic E-state index is 13.2. The molecule has 0 heterocycles. The summed E-state index contributed by atoms with van der Waals surface area (Å²) in [5.74, 6) is 0.0429. The molecule has 25 heavy (non-hydrogen) atoms. The predicted octanol–water partition coefficient (Wildman–Crippen LogP) is 2.17. The molecular weight excluding hydrogens is 330 g/mol. The third-order valence-corrected chi connectivity index (χ3v) is 6.13. The van der Waals surface area contributed by atoms with Crippen LogP contribution in [0.3, 0.4) is 0 Å². The van der Waals surface area contributed by atoms with Crippen LogP contribution in [0.15, 0.2) is 18.2 Å². The SMILES string of the molecule is [B]c1ccc(C(=O)NC2C3CC4CC2CC(O)(C4)C3)c(C(F)(F)F)c1. The van der Waals surface area contributed by atoms with Crippen molar-refractivity contribution in [3.63, 3.8) is 0 Å². The molecule has 2 atom stereocenters. The van der Waals surface area contributed by atoms with Gasteiger partial charge in [-0.2, -0.15) is 13.2 Å². The van der Waals surface area contributed by atoms with Crippen LogP contribution < -0.4 is 10.8 Å². The van der Waals surface area contributed by atoms with E-state index < -0.39 is 28.8 Å². The summed E-state index contributed by atoms with van der Waals surface area (Å²) >= 11 is 0. The van der Waals surface area contributed by atoms with E-state index in [0.29, 0.717) is 18.8 Å². The molecule has 5 rings (SSSR count). The fourth-order valence-electron chi connectivity index (χ4n) is 5.44. The Bertz CT molecular complexity index is 705. The second-order valence-corrected chi connectivity index (χ2v) is 8.00. The van der Waals surface area contributed by atoms with Crippen molar-refractivity contribution in [3.05, 3.63) is 29.3 Å². The van der Waals surface area contributed by atoms with Crippen LogP contribution in [0, 0.1) is 17.8 Å². The highest BCUT2D eigenvalue weighted by molar-refractivity contribution is 6.32. The molecule has 0 saturated heterocycles. The van der Waals surface area contributed by atoms with Crippen LogP contribution in [-0.4, -0.2) is 30.5 Å². The van der Waals surface area contributed by atoms with Gasteiger partial charge in [-0.25, -0.2) is 0 Å². The zero-order chi connectivity index (χ0) is 18.0. The minimum absolute atomic E-state index is 0.0271. The van der Waals surface area contributed by atoms with Gasteiger partial charge in [0.25, 0.3) is 5.91 Å². The Morgan fingerprint density at radius 3 is 2.40 bits per heavy atom. The summed E-state index contributed by atoms with van der Waals surface area (Å²) in [5.41, 5.74) is -2.07. The van der Waals surface area contributed by atoms with Crippen LogP contribution in [0.2, 0.25) is 0 Å². The lowest BCUT2D eigenvalue weighted by molar-refractivity contribution is -0.138. The van der Waals surface area contributed by atoms with Crippen molar-refractivity contribution >= 4 is 19.2 Å². The van der Waals surface area contributed by atoms with E-state index in [9.17, 15) is 23.1 Å². The Labute approximate surface area is 145 Å². The van der Waals surface area contributed by atoms with Gasteiger partial charge in [0.1, 0.15) is 7.85 Å². The van der Waals surface area contributed by atoms with E-state index in [4.69, 9.17) is 7.85 Å². The van der Waals surface area contributed by atoms with Gasteiger partial charge in [-0.3, -0.25) is 4.79 Å². The van der Waals surface area contributed by atoms with Crippen LogP contribution in [0.25, 0.3) is 0 Å². The van der Waals surface area contributed by atoms with E-state index in [0.717, 1.165) is 31.4 Å². The molecule has 4 aliphatic rings. The highest BCUT2D eigenvalue weighted by Gasteiger charge is 2.55. The molecule has 0 aliphatic heterocycles. The normalized spacial score (nSPS) is 36.5. The van der Waals surface area contributed by atoms with Crippen LogP contribution in [0.1, 0.15) is 48.0 Å². The van der Waals surface area contributed by atoms with Gasteiger partial charge in [0, 0.05) is 6.04 Å². The third-order valence-electron chi connectivity index (χ3n) is 6.13.